The van der Waals surface area contributed by atoms with E-state index in [1.54, 1.807) is 6.07 Å². The number of alkyl halides is 2. The third-order valence-corrected chi connectivity index (χ3v) is 5.99. The number of carbonyl (C=O) groups is 1. The first-order valence-corrected chi connectivity index (χ1v) is 11.5. The molecule has 1 N–H and O–H groups in total. The minimum absolute atomic E-state index is 0.0318. The van der Waals surface area contributed by atoms with Gasteiger partial charge in [-0.1, -0.05) is 31.4 Å². The van der Waals surface area contributed by atoms with Crippen LogP contribution in [0.25, 0.3) is 11.1 Å². The molecule has 0 spiro atoms. The van der Waals surface area contributed by atoms with E-state index in [0.29, 0.717) is 5.56 Å². The van der Waals surface area contributed by atoms with E-state index in [4.69, 9.17) is 4.74 Å². The van der Waals surface area contributed by atoms with Gasteiger partial charge < -0.3 is 14.8 Å². The highest BCUT2D eigenvalue weighted by atomic mass is 32.2. The number of hydrogen-bond acceptors (Lipinski definition) is 5. The van der Waals surface area contributed by atoms with Crippen molar-refractivity contribution in [2.75, 3.05) is 6.26 Å². The zero-order valence-corrected chi connectivity index (χ0v) is 17.3. The molecule has 30 heavy (non-hydrogen) atoms. The normalized spacial score (nSPS) is 15.1. The second kappa shape index (κ2) is 9.42. The molecule has 162 valence electrons. The average Bonchev–Trinajstić information content (AvgIpc) is 2.69. The topological polar surface area (TPSA) is 81.7 Å². The molecule has 1 aliphatic rings. The van der Waals surface area contributed by atoms with Gasteiger partial charge in [0.25, 0.3) is 0 Å². The Labute approximate surface area is 174 Å². The molecule has 0 bridgehead atoms. The first-order chi connectivity index (χ1) is 14.2. The fraction of sp³-hybridized carbons (Fsp3) is 0.381. The van der Waals surface area contributed by atoms with Crippen molar-refractivity contribution in [1.82, 2.24) is 5.32 Å². The van der Waals surface area contributed by atoms with Crippen molar-refractivity contribution >= 4 is 15.9 Å². The van der Waals surface area contributed by atoms with Crippen molar-refractivity contribution < 1.29 is 31.5 Å². The molecule has 1 saturated carbocycles. The zero-order valence-electron chi connectivity index (χ0n) is 16.4. The Kier molecular flexibility index (Phi) is 6.91. The van der Waals surface area contributed by atoms with Crippen LogP contribution < -0.4 is 14.8 Å². The van der Waals surface area contributed by atoms with Gasteiger partial charge in [0.1, 0.15) is 11.5 Å². The number of nitrogens with one attached hydrogen (secondary N) is 1. The van der Waals surface area contributed by atoms with Gasteiger partial charge in [-0.25, -0.2) is 13.2 Å². The van der Waals surface area contributed by atoms with Gasteiger partial charge in [-0.05, 0) is 48.7 Å². The van der Waals surface area contributed by atoms with Crippen LogP contribution in [0.4, 0.5) is 13.6 Å². The van der Waals surface area contributed by atoms with Crippen LogP contribution in [0.1, 0.15) is 32.1 Å². The number of ether oxygens (including phenoxy) is 2. The third kappa shape index (κ3) is 5.91. The van der Waals surface area contributed by atoms with E-state index >= 15 is 0 Å². The Morgan fingerprint density at radius 1 is 1.10 bits per heavy atom. The van der Waals surface area contributed by atoms with E-state index in [-0.39, 0.29) is 28.0 Å². The fourth-order valence-corrected chi connectivity index (χ4v) is 4.11. The van der Waals surface area contributed by atoms with Gasteiger partial charge in [0.2, 0.25) is 0 Å². The molecule has 1 amide bonds. The Balaban J connectivity index is 1.88. The largest absolute Gasteiger partial charge is 0.434 e. The maximum absolute atomic E-state index is 12.8. The van der Waals surface area contributed by atoms with Gasteiger partial charge in [0.15, 0.2) is 9.84 Å². The van der Waals surface area contributed by atoms with E-state index in [0.717, 1.165) is 38.4 Å². The molecule has 1 aliphatic carbocycles. The molecule has 6 nitrogen and oxygen atoms in total. The van der Waals surface area contributed by atoms with Crippen LogP contribution in [-0.4, -0.2) is 33.4 Å². The van der Waals surface area contributed by atoms with E-state index in [2.05, 4.69) is 10.1 Å². The summed E-state index contributed by atoms with van der Waals surface area (Å²) in [6, 6.07) is 9.87. The standard InChI is InChI=1S/C21H23F2NO5S/c1-30(26,27)17-9-5-6-14(12-17)18-13-16(10-11-19(18)29-20(22)23)28-21(25)24-15-7-3-2-4-8-15/h5-6,9-13,15,20H,2-4,7-8H2,1H3,(H,24,25). The lowest BCUT2D eigenvalue weighted by molar-refractivity contribution is -0.0494. The van der Waals surface area contributed by atoms with Crippen molar-refractivity contribution in [3.8, 4) is 22.6 Å². The molecule has 1 fully saturated rings. The van der Waals surface area contributed by atoms with Crippen LogP contribution in [0.5, 0.6) is 11.5 Å². The molecule has 2 aromatic rings. The SMILES string of the molecule is CS(=O)(=O)c1cccc(-c2cc(OC(=O)NC3CCCCC3)ccc2OC(F)F)c1. The molecule has 0 unspecified atom stereocenters. The van der Waals surface area contributed by atoms with Crippen LogP contribution in [0.2, 0.25) is 0 Å². The van der Waals surface area contributed by atoms with Crippen molar-refractivity contribution in [3.05, 3.63) is 42.5 Å². The minimum Gasteiger partial charge on any atom is -0.434 e. The molecular formula is C21H23F2NO5S. The summed E-state index contributed by atoms with van der Waals surface area (Å²) in [4.78, 5) is 12.2. The Morgan fingerprint density at radius 3 is 2.50 bits per heavy atom. The fourth-order valence-electron chi connectivity index (χ4n) is 3.44. The van der Waals surface area contributed by atoms with E-state index in [1.165, 1.54) is 36.4 Å². The summed E-state index contributed by atoms with van der Waals surface area (Å²) in [7, 11) is -3.50. The molecule has 3 rings (SSSR count). The van der Waals surface area contributed by atoms with Crippen LogP contribution >= 0.6 is 0 Å². The number of benzene rings is 2. The lowest BCUT2D eigenvalue weighted by Gasteiger charge is -2.22. The molecular weight excluding hydrogens is 416 g/mol. The van der Waals surface area contributed by atoms with Gasteiger partial charge in [-0.15, -0.1) is 0 Å². The maximum Gasteiger partial charge on any atom is 0.412 e. The second-order valence-corrected chi connectivity index (χ2v) is 9.22. The summed E-state index contributed by atoms with van der Waals surface area (Å²) >= 11 is 0. The molecule has 9 heteroatoms. The molecule has 2 aromatic carbocycles. The highest BCUT2D eigenvalue weighted by Crippen LogP contribution is 2.35. The monoisotopic (exact) mass is 439 g/mol. The van der Waals surface area contributed by atoms with Gasteiger partial charge in [0.05, 0.1) is 4.90 Å². The zero-order chi connectivity index (χ0) is 21.7. The highest BCUT2D eigenvalue weighted by Gasteiger charge is 2.19. The van der Waals surface area contributed by atoms with Crippen molar-refractivity contribution in [3.63, 3.8) is 0 Å². The molecule has 0 aromatic heterocycles. The summed E-state index contributed by atoms with van der Waals surface area (Å²) in [6.07, 6.45) is 5.45. The van der Waals surface area contributed by atoms with Crippen LogP contribution in [-0.2, 0) is 9.84 Å². The number of amides is 1. The van der Waals surface area contributed by atoms with Gasteiger partial charge >= 0.3 is 12.7 Å². The first kappa shape index (κ1) is 22.0. The average molecular weight is 439 g/mol. The Morgan fingerprint density at radius 2 is 1.83 bits per heavy atom. The summed E-state index contributed by atoms with van der Waals surface area (Å²) in [6.45, 7) is -3.07. The van der Waals surface area contributed by atoms with E-state index < -0.39 is 22.5 Å². The van der Waals surface area contributed by atoms with Crippen molar-refractivity contribution in [2.45, 2.75) is 49.7 Å². The Bertz CT molecular complexity index is 1000. The number of carbonyl (C=O) groups excluding carboxylic acids is 1. The predicted molar refractivity (Wildman–Crippen MR) is 108 cm³/mol. The smallest absolute Gasteiger partial charge is 0.412 e. The molecule has 0 radical (unpaired) electrons. The number of sulfone groups is 1. The van der Waals surface area contributed by atoms with Crippen molar-refractivity contribution in [2.24, 2.45) is 0 Å². The first-order valence-electron chi connectivity index (χ1n) is 9.60. The molecule has 0 saturated heterocycles. The minimum atomic E-state index is -3.50. The number of hydrogen-bond donors (Lipinski definition) is 1. The van der Waals surface area contributed by atoms with Gasteiger partial charge in [-0.3, -0.25) is 0 Å². The van der Waals surface area contributed by atoms with Crippen molar-refractivity contribution in [1.29, 1.82) is 0 Å². The van der Waals surface area contributed by atoms with Gasteiger partial charge in [0, 0.05) is 17.9 Å². The maximum atomic E-state index is 12.8. The summed E-state index contributed by atoms with van der Waals surface area (Å²) < 4.78 is 59.3. The quantitative estimate of drug-likeness (QED) is 0.701. The molecule has 0 heterocycles. The highest BCUT2D eigenvalue weighted by molar-refractivity contribution is 7.90. The van der Waals surface area contributed by atoms with E-state index in [9.17, 15) is 22.0 Å². The van der Waals surface area contributed by atoms with Gasteiger partial charge in [-0.2, -0.15) is 8.78 Å². The van der Waals surface area contributed by atoms with E-state index in [1.807, 2.05) is 0 Å². The number of halogens is 2. The molecule has 0 aliphatic heterocycles. The van der Waals surface area contributed by atoms with Crippen LogP contribution in [0.15, 0.2) is 47.4 Å². The second-order valence-electron chi connectivity index (χ2n) is 7.21. The summed E-state index contributed by atoms with van der Waals surface area (Å²) in [5.74, 6) is -0.0274. The lowest BCUT2D eigenvalue weighted by Crippen LogP contribution is -2.38. The third-order valence-electron chi connectivity index (χ3n) is 4.88. The predicted octanol–water partition coefficient (Wildman–Crippen LogP) is 4.78. The van der Waals surface area contributed by atoms with Crippen LogP contribution in [0.3, 0.4) is 0 Å². The summed E-state index contributed by atoms with van der Waals surface area (Å²) in [5, 5.41) is 2.81. The lowest BCUT2D eigenvalue weighted by atomic mass is 9.96. The number of rotatable bonds is 6. The van der Waals surface area contributed by atoms with Crippen LogP contribution in [0, 0.1) is 0 Å². The summed E-state index contributed by atoms with van der Waals surface area (Å²) in [5.41, 5.74) is 0.524. The molecule has 0 atom stereocenters. The Hall–Kier alpha value is -2.68.